The number of thioether (sulfide) groups is 1. The van der Waals surface area contributed by atoms with Crippen molar-refractivity contribution in [1.82, 2.24) is 0 Å². The molecule has 92 valence electrons. The quantitative estimate of drug-likeness (QED) is 0.767. The predicted octanol–water partition coefficient (Wildman–Crippen LogP) is 3.22. The van der Waals surface area contributed by atoms with Gasteiger partial charge in [0.05, 0.1) is 0 Å². The lowest BCUT2D eigenvalue weighted by Crippen LogP contribution is -2.27. The Morgan fingerprint density at radius 3 is 2.94 bits per heavy atom. The van der Waals surface area contributed by atoms with Gasteiger partial charge in [-0.05, 0) is 24.3 Å². The van der Waals surface area contributed by atoms with Gasteiger partial charge in [0.2, 0.25) is 0 Å². The second-order valence-electron chi connectivity index (χ2n) is 4.25. The Hall–Kier alpha value is -0.960. The lowest BCUT2D eigenvalue weighted by molar-refractivity contribution is 0.0988. The van der Waals surface area contributed by atoms with Gasteiger partial charge in [-0.2, -0.15) is 11.8 Å². The third-order valence-electron chi connectivity index (χ3n) is 3.09. The zero-order chi connectivity index (χ0) is 12.1. The van der Waals surface area contributed by atoms with Crippen molar-refractivity contribution >= 4 is 23.2 Å². The maximum absolute atomic E-state index is 11.9. The molecule has 0 N–H and O–H groups in total. The SMILES string of the molecule is CCC(=O)c1ccccc1N1CCCSCC1. The molecule has 2 rings (SSSR count). The summed E-state index contributed by atoms with van der Waals surface area (Å²) in [6.07, 6.45) is 1.79. The molecule has 0 bridgehead atoms. The highest BCUT2D eigenvalue weighted by Gasteiger charge is 2.16. The van der Waals surface area contributed by atoms with Crippen LogP contribution in [0.5, 0.6) is 0 Å². The Balaban J connectivity index is 2.26. The Morgan fingerprint density at radius 1 is 1.29 bits per heavy atom. The van der Waals surface area contributed by atoms with Gasteiger partial charge < -0.3 is 4.90 Å². The number of rotatable bonds is 3. The minimum absolute atomic E-state index is 0.248. The zero-order valence-corrected chi connectivity index (χ0v) is 11.1. The number of benzene rings is 1. The van der Waals surface area contributed by atoms with Gasteiger partial charge in [0.25, 0.3) is 0 Å². The first-order valence-electron chi connectivity index (χ1n) is 6.28. The van der Waals surface area contributed by atoms with Crippen molar-refractivity contribution in [2.75, 3.05) is 29.5 Å². The average molecular weight is 249 g/mol. The number of nitrogens with zero attached hydrogens (tertiary/aromatic N) is 1. The fraction of sp³-hybridized carbons (Fsp3) is 0.500. The van der Waals surface area contributed by atoms with E-state index in [1.807, 2.05) is 36.9 Å². The summed E-state index contributed by atoms with van der Waals surface area (Å²) in [4.78, 5) is 14.3. The topological polar surface area (TPSA) is 20.3 Å². The van der Waals surface area contributed by atoms with E-state index < -0.39 is 0 Å². The number of hydrogen-bond acceptors (Lipinski definition) is 3. The molecule has 0 radical (unpaired) electrons. The Kier molecular flexibility index (Phi) is 4.49. The Bertz CT molecular complexity index is 384. The van der Waals surface area contributed by atoms with Gasteiger partial charge in [0, 0.05) is 36.5 Å². The van der Waals surface area contributed by atoms with Crippen LogP contribution in [-0.4, -0.2) is 30.4 Å². The van der Waals surface area contributed by atoms with Crippen molar-refractivity contribution in [2.24, 2.45) is 0 Å². The average Bonchev–Trinajstić information content (AvgIpc) is 2.66. The van der Waals surface area contributed by atoms with E-state index in [2.05, 4.69) is 11.0 Å². The highest BCUT2D eigenvalue weighted by molar-refractivity contribution is 7.99. The predicted molar refractivity (Wildman–Crippen MR) is 75.2 cm³/mol. The van der Waals surface area contributed by atoms with Crippen LogP contribution in [-0.2, 0) is 0 Å². The van der Waals surface area contributed by atoms with Gasteiger partial charge in [0.15, 0.2) is 5.78 Å². The molecule has 2 nitrogen and oxygen atoms in total. The highest BCUT2D eigenvalue weighted by Crippen LogP contribution is 2.24. The second-order valence-corrected chi connectivity index (χ2v) is 5.47. The van der Waals surface area contributed by atoms with Gasteiger partial charge in [-0.15, -0.1) is 0 Å². The van der Waals surface area contributed by atoms with E-state index in [1.165, 1.54) is 12.2 Å². The number of hydrogen-bond donors (Lipinski definition) is 0. The van der Waals surface area contributed by atoms with Crippen molar-refractivity contribution < 1.29 is 4.79 Å². The fourth-order valence-corrected chi connectivity index (χ4v) is 3.05. The van der Waals surface area contributed by atoms with Crippen molar-refractivity contribution in [1.29, 1.82) is 0 Å². The lowest BCUT2D eigenvalue weighted by Gasteiger charge is -2.24. The molecule has 1 heterocycles. The molecule has 17 heavy (non-hydrogen) atoms. The number of Topliss-reactive ketones (excluding diaryl/α,β-unsaturated/α-hetero) is 1. The maximum Gasteiger partial charge on any atom is 0.164 e. The molecule has 1 aromatic carbocycles. The van der Waals surface area contributed by atoms with Crippen LogP contribution in [0.2, 0.25) is 0 Å². The standard InChI is InChI=1S/C14H19NOS/c1-2-14(16)12-6-3-4-7-13(12)15-8-5-10-17-11-9-15/h3-4,6-7H,2,5,8-11H2,1H3. The first kappa shape index (κ1) is 12.5. The summed E-state index contributed by atoms with van der Waals surface area (Å²) in [6, 6.07) is 8.02. The Labute approximate surface area is 107 Å². The minimum atomic E-state index is 0.248. The van der Waals surface area contributed by atoms with Crippen LogP contribution in [0.1, 0.15) is 30.1 Å². The third-order valence-corrected chi connectivity index (χ3v) is 4.14. The molecule has 0 amide bonds. The van der Waals surface area contributed by atoms with Crippen molar-refractivity contribution in [2.45, 2.75) is 19.8 Å². The molecule has 1 aliphatic heterocycles. The van der Waals surface area contributed by atoms with E-state index >= 15 is 0 Å². The van der Waals surface area contributed by atoms with Crippen molar-refractivity contribution in [3.8, 4) is 0 Å². The number of carbonyl (C=O) groups is 1. The van der Waals surface area contributed by atoms with Crippen LogP contribution in [0.25, 0.3) is 0 Å². The van der Waals surface area contributed by atoms with Crippen LogP contribution in [0.3, 0.4) is 0 Å². The number of anilines is 1. The molecular weight excluding hydrogens is 230 g/mol. The number of ketones is 1. The zero-order valence-electron chi connectivity index (χ0n) is 10.3. The van der Waals surface area contributed by atoms with Gasteiger partial charge in [-0.1, -0.05) is 19.1 Å². The normalized spacial score (nSPS) is 16.6. The van der Waals surface area contributed by atoms with Crippen molar-refractivity contribution in [3.05, 3.63) is 29.8 Å². The van der Waals surface area contributed by atoms with Gasteiger partial charge in [-0.25, -0.2) is 0 Å². The van der Waals surface area contributed by atoms with Crippen LogP contribution in [0, 0.1) is 0 Å². The van der Waals surface area contributed by atoms with E-state index in [0.717, 1.165) is 30.1 Å². The minimum Gasteiger partial charge on any atom is -0.370 e. The van der Waals surface area contributed by atoms with Crippen LogP contribution >= 0.6 is 11.8 Å². The molecule has 0 aromatic heterocycles. The van der Waals surface area contributed by atoms with Crippen LogP contribution < -0.4 is 4.90 Å². The summed E-state index contributed by atoms with van der Waals surface area (Å²) in [5, 5.41) is 0. The second kappa shape index (κ2) is 6.10. The summed E-state index contributed by atoms with van der Waals surface area (Å²) in [7, 11) is 0. The molecule has 0 atom stereocenters. The van der Waals surface area contributed by atoms with Gasteiger partial charge in [-0.3, -0.25) is 4.79 Å². The molecule has 1 saturated heterocycles. The molecule has 0 spiro atoms. The third kappa shape index (κ3) is 3.03. The molecule has 0 unspecified atom stereocenters. The highest BCUT2D eigenvalue weighted by atomic mass is 32.2. The monoisotopic (exact) mass is 249 g/mol. The molecule has 1 aliphatic rings. The summed E-state index contributed by atoms with van der Waals surface area (Å²) in [5.41, 5.74) is 2.02. The van der Waals surface area contributed by atoms with Crippen LogP contribution in [0.4, 0.5) is 5.69 Å². The molecule has 1 fully saturated rings. The molecule has 0 aliphatic carbocycles. The summed E-state index contributed by atoms with van der Waals surface area (Å²) >= 11 is 2.01. The molecule has 3 heteroatoms. The van der Waals surface area contributed by atoms with Crippen molar-refractivity contribution in [3.63, 3.8) is 0 Å². The van der Waals surface area contributed by atoms with Gasteiger partial charge >= 0.3 is 0 Å². The molecule has 1 aromatic rings. The van der Waals surface area contributed by atoms with Crippen LogP contribution in [0.15, 0.2) is 24.3 Å². The number of carbonyl (C=O) groups excluding carboxylic acids is 1. The fourth-order valence-electron chi connectivity index (χ4n) is 2.16. The smallest absolute Gasteiger partial charge is 0.164 e. The largest absolute Gasteiger partial charge is 0.370 e. The maximum atomic E-state index is 11.9. The molecular formula is C14H19NOS. The summed E-state index contributed by atoms with van der Waals surface area (Å²) in [6.45, 7) is 4.05. The van der Waals surface area contributed by atoms with E-state index in [1.54, 1.807) is 0 Å². The first-order chi connectivity index (χ1) is 8.33. The molecule has 0 saturated carbocycles. The van der Waals surface area contributed by atoms with E-state index in [9.17, 15) is 4.79 Å². The summed E-state index contributed by atoms with van der Waals surface area (Å²) in [5.74, 6) is 2.65. The Morgan fingerprint density at radius 2 is 2.12 bits per heavy atom. The van der Waals surface area contributed by atoms with E-state index in [-0.39, 0.29) is 5.78 Å². The van der Waals surface area contributed by atoms with E-state index in [4.69, 9.17) is 0 Å². The van der Waals surface area contributed by atoms with E-state index in [0.29, 0.717) is 6.42 Å². The lowest BCUT2D eigenvalue weighted by atomic mass is 10.1. The first-order valence-corrected chi connectivity index (χ1v) is 7.43. The van der Waals surface area contributed by atoms with Gasteiger partial charge in [0.1, 0.15) is 0 Å². The number of para-hydroxylation sites is 1. The summed E-state index contributed by atoms with van der Waals surface area (Å²) < 4.78 is 0.